The molecule has 0 bridgehead atoms. The Morgan fingerprint density at radius 1 is 1.11 bits per heavy atom. The average Bonchev–Trinajstić information content (AvgIpc) is 3.29. The average molecular weight is 572 g/mol. The van der Waals surface area contributed by atoms with Crippen molar-refractivity contribution in [2.75, 3.05) is 17.1 Å². The molecular formula is C24H28BrF2N3O4S. The molecule has 190 valence electrons. The number of amides is 2. The molecule has 2 aromatic carbocycles. The van der Waals surface area contributed by atoms with Gasteiger partial charge in [-0.3, -0.25) is 13.9 Å². The molecule has 0 spiro atoms. The predicted octanol–water partition coefficient (Wildman–Crippen LogP) is 3.97. The van der Waals surface area contributed by atoms with Crippen LogP contribution >= 0.6 is 15.9 Å². The van der Waals surface area contributed by atoms with Gasteiger partial charge in [-0.1, -0.05) is 40.9 Å². The van der Waals surface area contributed by atoms with Gasteiger partial charge in [-0.2, -0.15) is 0 Å². The van der Waals surface area contributed by atoms with Crippen molar-refractivity contribution >= 4 is 43.5 Å². The number of nitrogens with one attached hydrogen (secondary N) is 1. The highest BCUT2D eigenvalue weighted by atomic mass is 79.9. The van der Waals surface area contributed by atoms with Gasteiger partial charge in [-0.15, -0.1) is 0 Å². The highest BCUT2D eigenvalue weighted by Gasteiger charge is 2.31. The van der Waals surface area contributed by atoms with Crippen molar-refractivity contribution in [1.29, 1.82) is 0 Å². The van der Waals surface area contributed by atoms with Crippen LogP contribution in [0.25, 0.3) is 0 Å². The third kappa shape index (κ3) is 7.23. The van der Waals surface area contributed by atoms with E-state index >= 15 is 0 Å². The number of hydrogen-bond donors (Lipinski definition) is 1. The van der Waals surface area contributed by atoms with Crippen molar-refractivity contribution in [2.45, 2.75) is 51.2 Å². The number of carbonyl (C=O) groups is 2. The molecule has 7 nitrogen and oxygen atoms in total. The predicted molar refractivity (Wildman–Crippen MR) is 133 cm³/mol. The van der Waals surface area contributed by atoms with Gasteiger partial charge in [0.15, 0.2) is 11.6 Å². The molecule has 2 amide bonds. The van der Waals surface area contributed by atoms with Crippen LogP contribution in [-0.2, 0) is 26.2 Å². The second kappa shape index (κ2) is 11.5. The van der Waals surface area contributed by atoms with Gasteiger partial charge in [0.1, 0.15) is 12.6 Å². The van der Waals surface area contributed by atoms with E-state index in [1.54, 1.807) is 25.1 Å². The van der Waals surface area contributed by atoms with Crippen LogP contribution in [-0.4, -0.2) is 50.0 Å². The van der Waals surface area contributed by atoms with E-state index in [0.29, 0.717) is 4.31 Å². The lowest BCUT2D eigenvalue weighted by Gasteiger charge is -2.32. The van der Waals surface area contributed by atoms with Crippen LogP contribution in [0.1, 0.15) is 38.2 Å². The number of sulfonamides is 1. The number of nitrogens with zero attached hydrogens (tertiary/aromatic N) is 2. The number of anilines is 1. The van der Waals surface area contributed by atoms with Gasteiger partial charge in [0, 0.05) is 23.1 Å². The zero-order chi connectivity index (χ0) is 25.8. The molecule has 0 saturated heterocycles. The summed E-state index contributed by atoms with van der Waals surface area (Å²) >= 11 is 3.39. The maximum Gasteiger partial charge on any atom is 0.244 e. The summed E-state index contributed by atoms with van der Waals surface area (Å²) in [5.41, 5.74) is 0.539. The number of halogens is 3. The van der Waals surface area contributed by atoms with E-state index in [4.69, 9.17) is 0 Å². The Hall–Kier alpha value is -2.53. The van der Waals surface area contributed by atoms with Gasteiger partial charge in [0.05, 0.1) is 11.9 Å². The van der Waals surface area contributed by atoms with Crippen molar-refractivity contribution in [1.82, 2.24) is 10.2 Å². The lowest BCUT2D eigenvalue weighted by atomic mass is 10.1. The van der Waals surface area contributed by atoms with Crippen LogP contribution in [0.3, 0.4) is 0 Å². The second-order valence-corrected chi connectivity index (χ2v) is 11.5. The summed E-state index contributed by atoms with van der Waals surface area (Å²) in [5, 5.41) is 2.97. The highest BCUT2D eigenvalue weighted by Crippen LogP contribution is 2.23. The summed E-state index contributed by atoms with van der Waals surface area (Å²) in [5.74, 6) is -3.37. The van der Waals surface area contributed by atoms with Gasteiger partial charge >= 0.3 is 0 Å². The molecule has 11 heteroatoms. The monoisotopic (exact) mass is 571 g/mol. The number of carbonyl (C=O) groups excluding carboxylic acids is 2. The molecule has 1 atom stereocenters. The lowest BCUT2D eigenvalue weighted by Crippen LogP contribution is -2.52. The number of rotatable bonds is 9. The Bertz CT molecular complexity index is 1190. The second-order valence-electron chi connectivity index (χ2n) is 8.69. The molecule has 2 aromatic rings. The fourth-order valence-electron chi connectivity index (χ4n) is 4.06. The Kier molecular flexibility index (Phi) is 8.87. The third-order valence-electron chi connectivity index (χ3n) is 5.98. The molecule has 0 aromatic heterocycles. The summed E-state index contributed by atoms with van der Waals surface area (Å²) in [6, 6.07) is 8.94. The van der Waals surface area contributed by atoms with Crippen LogP contribution in [0, 0.1) is 11.6 Å². The summed E-state index contributed by atoms with van der Waals surface area (Å²) in [7, 11) is -4.03. The molecule has 35 heavy (non-hydrogen) atoms. The first-order valence-electron chi connectivity index (χ1n) is 11.2. The van der Waals surface area contributed by atoms with Crippen LogP contribution in [0.4, 0.5) is 14.5 Å². The SMILES string of the molecule is C[C@H](C(=O)NC1CCCC1)N(Cc1cccc(Br)c1)C(=O)CN(c1ccc(F)c(F)c1)S(C)(=O)=O. The van der Waals surface area contributed by atoms with E-state index in [9.17, 15) is 26.8 Å². The third-order valence-corrected chi connectivity index (χ3v) is 7.61. The lowest BCUT2D eigenvalue weighted by molar-refractivity contribution is -0.139. The summed E-state index contributed by atoms with van der Waals surface area (Å²) in [4.78, 5) is 27.8. The minimum Gasteiger partial charge on any atom is -0.352 e. The standard InChI is InChI=1S/C24H28BrF2N3O4S/c1-16(24(32)28-19-8-3-4-9-19)29(14-17-6-5-7-18(25)12-17)23(31)15-30(35(2,33)34)20-10-11-21(26)22(27)13-20/h5-7,10-13,16,19H,3-4,8-9,14-15H2,1-2H3,(H,28,32)/t16-/m1/s1. The Morgan fingerprint density at radius 2 is 1.80 bits per heavy atom. The number of hydrogen-bond acceptors (Lipinski definition) is 4. The Morgan fingerprint density at radius 3 is 2.40 bits per heavy atom. The normalized spacial score (nSPS) is 15.0. The molecule has 3 rings (SSSR count). The smallest absolute Gasteiger partial charge is 0.244 e. The molecular weight excluding hydrogens is 544 g/mol. The molecule has 0 heterocycles. The van der Waals surface area contributed by atoms with E-state index in [1.165, 1.54) is 4.90 Å². The maximum absolute atomic E-state index is 13.8. The van der Waals surface area contributed by atoms with Crippen molar-refractivity contribution in [3.05, 3.63) is 64.1 Å². The van der Waals surface area contributed by atoms with Gasteiger partial charge in [-0.05, 0) is 49.6 Å². The summed E-state index contributed by atoms with van der Waals surface area (Å²) in [6.07, 6.45) is 4.66. The van der Waals surface area contributed by atoms with Gasteiger partial charge in [0.2, 0.25) is 21.8 Å². The van der Waals surface area contributed by atoms with Crippen molar-refractivity contribution in [3.8, 4) is 0 Å². The zero-order valence-corrected chi connectivity index (χ0v) is 21.9. The first kappa shape index (κ1) is 27.1. The minimum atomic E-state index is -4.03. The van der Waals surface area contributed by atoms with Crippen molar-refractivity contribution < 1.29 is 26.8 Å². The molecule has 0 aliphatic heterocycles. The molecule has 1 aliphatic carbocycles. The molecule has 1 saturated carbocycles. The fourth-order valence-corrected chi connectivity index (χ4v) is 5.35. The number of benzene rings is 2. The highest BCUT2D eigenvalue weighted by molar-refractivity contribution is 9.10. The van der Waals surface area contributed by atoms with Crippen LogP contribution in [0.5, 0.6) is 0 Å². The van der Waals surface area contributed by atoms with Gasteiger partial charge < -0.3 is 10.2 Å². The van der Waals surface area contributed by atoms with Crippen molar-refractivity contribution in [2.24, 2.45) is 0 Å². The van der Waals surface area contributed by atoms with E-state index in [-0.39, 0.29) is 24.2 Å². The zero-order valence-electron chi connectivity index (χ0n) is 19.5. The molecule has 1 aliphatic rings. The Labute approximate surface area is 212 Å². The first-order chi connectivity index (χ1) is 16.5. The molecule has 0 unspecified atom stereocenters. The molecule has 1 N–H and O–H groups in total. The minimum absolute atomic E-state index is 0.0440. The fraction of sp³-hybridized carbons (Fsp3) is 0.417. The van der Waals surface area contributed by atoms with Crippen molar-refractivity contribution in [3.63, 3.8) is 0 Å². The first-order valence-corrected chi connectivity index (χ1v) is 13.9. The van der Waals surface area contributed by atoms with Crippen LogP contribution in [0.2, 0.25) is 0 Å². The molecule has 1 fully saturated rings. The summed E-state index contributed by atoms with van der Waals surface area (Å²) < 4.78 is 53.7. The van der Waals surface area contributed by atoms with Gasteiger partial charge in [-0.25, -0.2) is 17.2 Å². The van der Waals surface area contributed by atoms with E-state index in [0.717, 1.165) is 60.2 Å². The van der Waals surface area contributed by atoms with Gasteiger partial charge in [0.25, 0.3) is 0 Å². The van der Waals surface area contributed by atoms with E-state index < -0.39 is 40.2 Å². The summed E-state index contributed by atoms with van der Waals surface area (Å²) in [6.45, 7) is 0.953. The van der Waals surface area contributed by atoms with Crippen LogP contribution in [0.15, 0.2) is 46.9 Å². The Balaban J connectivity index is 1.89. The van der Waals surface area contributed by atoms with E-state index in [1.807, 2.05) is 6.07 Å². The topological polar surface area (TPSA) is 86.8 Å². The quantitative estimate of drug-likeness (QED) is 0.493. The van der Waals surface area contributed by atoms with E-state index in [2.05, 4.69) is 21.2 Å². The molecule has 0 radical (unpaired) electrons. The maximum atomic E-state index is 13.8. The largest absolute Gasteiger partial charge is 0.352 e. The van der Waals surface area contributed by atoms with Crippen LogP contribution < -0.4 is 9.62 Å².